The number of carboxylic acid groups (broad SMARTS) is 1. The number of amides is 1. The van der Waals surface area contributed by atoms with Crippen molar-refractivity contribution < 1.29 is 14.7 Å². The fourth-order valence-corrected chi connectivity index (χ4v) is 3.54. The highest BCUT2D eigenvalue weighted by Gasteiger charge is 2.05. The van der Waals surface area contributed by atoms with Crippen LogP contribution in [0.4, 0.5) is 5.69 Å². The fourth-order valence-electron chi connectivity index (χ4n) is 2.10. The number of carbonyl (C=O) groups is 2. The molecule has 1 aromatic heterocycles. The maximum atomic E-state index is 12.0. The van der Waals surface area contributed by atoms with Gasteiger partial charge in [0.15, 0.2) is 0 Å². The molecule has 0 saturated heterocycles. The minimum absolute atomic E-state index is 0.0110. The van der Waals surface area contributed by atoms with Gasteiger partial charge in [-0.15, -0.1) is 23.1 Å². The van der Waals surface area contributed by atoms with Crippen molar-refractivity contribution in [1.29, 1.82) is 0 Å². The van der Waals surface area contributed by atoms with Gasteiger partial charge < -0.3 is 10.4 Å². The third kappa shape index (κ3) is 6.88. The van der Waals surface area contributed by atoms with Crippen molar-refractivity contribution >= 4 is 40.7 Å². The number of anilines is 1. The summed E-state index contributed by atoms with van der Waals surface area (Å²) in [6.45, 7) is 0. The van der Waals surface area contributed by atoms with E-state index < -0.39 is 5.97 Å². The van der Waals surface area contributed by atoms with E-state index in [1.54, 1.807) is 11.3 Å². The number of thiophene rings is 1. The molecule has 4 nitrogen and oxygen atoms in total. The van der Waals surface area contributed by atoms with Crippen molar-refractivity contribution in [3.8, 4) is 0 Å². The first-order valence-electron chi connectivity index (χ1n) is 7.34. The lowest BCUT2D eigenvalue weighted by atomic mass is 10.2. The molecule has 0 atom stereocenters. The molecule has 0 radical (unpaired) electrons. The first-order chi connectivity index (χ1) is 11.1. The molecule has 1 aromatic carbocycles. The lowest BCUT2D eigenvalue weighted by molar-refractivity contribution is -0.133. The number of aryl methyl sites for hydroxylation is 1. The third-order valence-electron chi connectivity index (χ3n) is 3.11. The second-order valence-corrected chi connectivity index (χ2v) is 7.09. The number of benzene rings is 1. The smallest absolute Gasteiger partial charge is 0.313 e. The summed E-state index contributed by atoms with van der Waals surface area (Å²) >= 11 is 3.06. The van der Waals surface area contributed by atoms with E-state index in [-0.39, 0.29) is 11.7 Å². The molecule has 0 bridgehead atoms. The number of hydrogen-bond acceptors (Lipinski definition) is 4. The van der Waals surface area contributed by atoms with Crippen molar-refractivity contribution in [3.63, 3.8) is 0 Å². The van der Waals surface area contributed by atoms with Gasteiger partial charge in [-0.1, -0.05) is 18.2 Å². The highest BCUT2D eigenvalue weighted by Crippen LogP contribution is 2.17. The van der Waals surface area contributed by atoms with E-state index in [0.717, 1.165) is 24.1 Å². The Hall–Kier alpha value is -1.79. The van der Waals surface area contributed by atoms with Crippen molar-refractivity contribution in [2.45, 2.75) is 25.0 Å². The van der Waals surface area contributed by atoms with Gasteiger partial charge in [0.1, 0.15) is 0 Å². The van der Waals surface area contributed by atoms with Gasteiger partial charge in [0.25, 0.3) is 0 Å². The van der Waals surface area contributed by atoms with E-state index in [0.29, 0.717) is 12.2 Å². The van der Waals surface area contributed by atoms with Gasteiger partial charge in [-0.05, 0) is 42.0 Å². The molecule has 0 aliphatic rings. The predicted octanol–water partition coefficient (Wildman–Crippen LogP) is 4.03. The van der Waals surface area contributed by atoms with Gasteiger partial charge >= 0.3 is 5.97 Å². The summed E-state index contributed by atoms with van der Waals surface area (Å²) < 4.78 is 0. The molecule has 6 heteroatoms. The Morgan fingerprint density at radius 3 is 2.83 bits per heavy atom. The normalized spacial score (nSPS) is 10.4. The van der Waals surface area contributed by atoms with Crippen LogP contribution >= 0.6 is 23.1 Å². The lowest BCUT2D eigenvalue weighted by Gasteiger charge is -2.07. The van der Waals surface area contributed by atoms with Gasteiger partial charge in [0, 0.05) is 22.7 Å². The molecule has 23 heavy (non-hydrogen) atoms. The van der Waals surface area contributed by atoms with E-state index in [1.165, 1.54) is 16.6 Å². The minimum atomic E-state index is -0.815. The summed E-state index contributed by atoms with van der Waals surface area (Å²) in [6.07, 6.45) is 2.26. The van der Waals surface area contributed by atoms with Gasteiger partial charge in [0.2, 0.25) is 5.91 Å². The Bertz CT molecular complexity index is 641. The first-order valence-corrected chi connectivity index (χ1v) is 9.37. The Labute approximate surface area is 143 Å². The summed E-state index contributed by atoms with van der Waals surface area (Å²) in [4.78, 5) is 23.8. The minimum Gasteiger partial charge on any atom is -0.481 e. The molecule has 0 aliphatic carbocycles. The lowest BCUT2D eigenvalue weighted by Crippen LogP contribution is -2.11. The molecule has 0 fully saturated rings. The molecule has 1 heterocycles. The standard InChI is InChI=1S/C17H19NO3S2/c19-16(8-2-6-15-7-3-9-23-15)18-14-5-1-4-13(10-14)11-22-12-17(20)21/h1,3-5,7,9-10H,2,6,8,11-12H2,(H,18,19)(H,20,21). The van der Waals surface area contributed by atoms with Crippen LogP contribution in [-0.2, 0) is 21.8 Å². The van der Waals surface area contributed by atoms with Gasteiger partial charge in [-0.3, -0.25) is 9.59 Å². The zero-order chi connectivity index (χ0) is 16.5. The zero-order valence-electron chi connectivity index (χ0n) is 12.7. The SMILES string of the molecule is O=C(O)CSCc1cccc(NC(=O)CCCc2cccs2)c1. The van der Waals surface area contributed by atoms with E-state index in [2.05, 4.69) is 11.4 Å². The van der Waals surface area contributed by atoms with Crippen LogP contribution in [0.3, 0.4) is 0 Å². The van der Waals surface area contributed by atoms with Crippen LogP contribution in [0.15, 0.2) is 41.8 Å². The van der Waals surface area contributed by atoms with Crippen molar-refractivity contribution in [1.82, 2.24) is 0 Å². The van der Waals surface area contributed by atoms with E-state index >= 15 is 0 Å². The monoisotopic (exact) mass is 349 g/mol. The molecular formula is C17H19NO3S2. The summed E-state index contributed by atoms with van der Waals surface area (Å²) in [5.74, 6) is -0.102. The average Bonchev–Trinajstić information content (AvgIpc) is 3.00. The quantitative estimate of drug-likeness (QED) is 0.717. The summed E-state index contributed by atoms with van der Waals surface area (Å²) in [5, 5.41) is 13.6. The predicted molar refractivity (Wildman–Crippen MR) is 96.1 cm³/mol. The average molecular weight is 349 g/mol. The first kappa shape index (κ1) is 17.6. The van der Waals surface area contributed by atoms with Crippen LogP contribution in [0.1, 0.15) is 23.3 Å². The fraction of sp³-hybridized carbons (Fsp3) is 0.294. The summed E-state index contributed by atoms with van der Waals surface area (Å²) in [5.41, 5.74) is 1.77. The van der Waals surface area contributed by atoms with Crippen LogP contribution < -0.4 is 5.32 Å². The molecule has 2 rings (SSSR count). The molecule has 0 saturated carbocycles. The van der Waals surface area contributed by atoms with Crippen molar-refractivity contribution in [2.75, 3.05) is 11.1 Å². The van der Waals surface area contributed by atoms with E-state index in [9.17, 15) is 9.59 Å². The van der Waals surface area contributed by atoms with Crippen LogP contribution in [0.2, 0.25) is 0 Å². The number of aliphatic carboxylic acids is 1. The Morgan fingerprint density at radius 1 is 1.22 bits per heavy atom. The molecular weight excluding hydrogens is 330 g/mol. The molecule has 122 valence electrons. The third-order valence-corrected chi connectivity index (χ3v) is 5.04. The van der Waals surface area contributed by atoms with Crippen LogP contribution in [0.25, 0.3) is 0 Å². The topological polar surface area (TPSA) is 66.4 Å². The Kier molecular flexibility index (Phi) is 7.16. The van der Waals surface area contributed by atoms with E-state index in [1.807, 2.05) is 35.7 Å². The number of thioether (sulfide) groups is 1. The highest BCUT2D eigenvalue weighted by atomic mass is 32.2. The number of rotatable bonds is 9. The second kappa shape index (κ2) is 9.37. The van der Waals surface area contributed by atoms with Crippen LogP contribution in [0.5, 0.6) is 0 Å². The number of carboxylic acids is 1. The number of hydrogen-bond donors (Lipinski definition) is 2. The van der Waals surface area contributed by atoms with E-state index in [4.69, 9.17) is 5.11 Å². The molecule has 0 unspecified atom stereocenters. The second-order valence-electron chi connectivity index (χ2n) is 5.07. The molecule has 2 N–H and O–H groups in total. The van der Waals surface area contributed by atoms with Gasteiger partial charge in [-0.25, -0.2) is 0 Å². The van der Waals surface area contributed by atoms with Crippen LogP contribution in [0, 0.1) is 0 Å². The molecule has 1 amide bonds. The maximum Gasteiger partial charge on any atom is 0.313 e. The van der Waals surface area contributed by atoms with Gasteiger partial charge in [-0.2, -0.15) is 0 Å². The Morgan fingerprint density at radius 2 is 2.09 bits per heavy atom. The maximum absolute atomic E-state index is 12.0. The number of nitrogens with one attached hydrogen (secondary N) is 1. The largest absolute Gasteiger partial charge is 0.481 e. The van der Waals surface area contributed by atoms with Crippen LogP contribution in [-0.4, -0.2) is 22.7 Å². The molecule has 2 aromatic rings. The highest BCUT2D eigenvalue weighted by molar-refractivity contribution is 7.99. The Balaban J connectivity index is 1.75. The molecule has 0 aliphatic heterocycles. The number of carbonyl (C=O) groups excluding carboxylic acids is 1. The van der Waals surface area contributed by atoms with Crippen molar-refractivity contribution in [2.24, 2.45) is 0 Å². The van der Waals surface area contributed by atoms with Gasteiger partial charge in [0.05, 0.1) is 5.75 Å². The summed E-state index contributed by atoms with van der Waals surface area (Å²) in [6, 6.07) is 11.7. The summed E-state index contributed by atoms with van der Waals surface area (Å²) in [7, 11) is 0. The zero-order valence-corrected chi connectivity index (χ0v) is 14.3. The van der Waals surface area contributed by atoms with Crippen molar-refractivity contribution in [3.05, 3.63) is 52.2 Å². The molecule has 0 spiro atoms.